The Hall–Kier alpha value is -2.31. The van der Waals surface area contributed by atoms with Crippen molar-refractivity contribution in [2.75, 3.05) is 20.8 Å². The Morgan fingerprint density at radius 3 is 2.32 bits per heavy atom. The number of aliphatic hydroxyl groups is 3. The first-order chi connectivity index (χ1) is 29.5. The standard InChI is InChI=1S/C48H72O14/c1-11-25(2)43-28(5)17-18-47(62-43)23-34-20-33(61-47)16-15-27(4)42(26(3)13-12-14-32-24-55-45-40(49)29(6)19-35(46(51)58-34)48(32,45)52)59-39-22-37(54-10)44(31(8)57-39)60-38-21-36(53-9)41(50)30(7)56-38/h12-15,17-19,25-26,28,30-31,33-45,49-50,52H,11,16,20-24H2,1-10H3/b13-12+,27-15+,32-14+/t25-,26+,28+,30+,31+,33-,34+,35+,36+,37+,38+,39+,40-,41-,42+,43-,44+,45-,47-,48-/m1/s1. The van der Waals surface area contributed by atoms with Gasteiger partial charge >= 0.3 is 5.97 Å². The summed E-state index contributed by atoms with van der Waals surface area (Å²) in [5.41, 5.74) is 0.134. The van der Waals surface area contributed by atoms with Crippen molar-refractivity contribution in [2.24, 2.45) is 23.7 Å². The first-order valence-electron chi connectivity index (χ1n) is 22.9. The number of carbonyl (C=O) groups is 1. The van der Waals surface area contributed by atoms with Crippen LogP contribution in [0.5, 0.6) is 0 Å². The van der Waals surface area contributed by atoms with E-state index >= 15 is 0 Å². The van der Waals surface area contributed by atoms with Gasteiger partial charge in [0.05, 0.1) is 49.3 Å². The smallest absolute Gasteiger partial charge is 0.316 e. The molecule has 0 aromatic rings. The Balaban J connectivity index is 1.18. The van der Waals surface area contributed by atoms with Gasteiger partial charge in [-0.3, -0.25) is 4.79 Å². The van der Waals surface area contributed by atoms with E-state index in [1.165, 1.54) is 0 Å². The topological polar surface area (TPSA) is 170 Å². The Labute approximate surface area is 367 Å². The molecule has 6 aliphatic heterocycles. The molecule has 0 aromatic heterocycles. The normalized spacial score (nSPS) is 49.1. The van der Waals surface area contributed by atoms with Crippen molar-refractivity contribution in [2.45, 2.75) is 191 Å². The summed E-state index contributed by atoms with van der Waals surface area (Å²) >= 11 is 0. The summed E-state index contributed by atoms with van der Waals surface area (Å²) < 4.78 is 63.7. The number of aliphatic hydroxyl groups excluding tert-OH is 2. The maximum Gasteiger partial charge on any atom is 0.316 e. The number of allylic oxidation sites excluding steroid dienone is 2. The third kappa shape index (κ3) is 9.64. The van der Waals surface area contributed by atoms with Crippen molar-refractivity contribution in [1.82, 2.24) is 0 Å². The minimum absolute atomic E-state index is 0.0317. The lowest BCUT2D eigenvalue weighted by molar-refractivity contribution is -0.318. The van der Waals surface area contributed by atoms with Gasteiger partial charge in [0.25, 0.3) is 0 Å². The van der Waals surface area contributed by atoms with Crippen molar-refractivity contribution < 1.29 is 67.5 Å². The third-order valence-corrected chi connectivity index (χ3v) is 14.5. The molecule has 0 amide bonds. The predicted octanol–water partition coefficient (Wildman–Crippen LogP) is 5.38. The number of ether oxygens (including phenoxy) is 10. The SMILES string of the molecule is CC[C@@H](C)[C@H]1O[C@]2(C=C[C@@H]1C)C[C@@H]1C[C@@H](C/C=C(\C)[C@@H](O[C@H]3C[C@H](OC)[C@@H](O[C@H]4C[C@H](OC)[C@H](O)[C@H](C)O4)[C@H](C)O3)[C@@H](C)/C=C/C=C3\CO[C@@H]4[C@H](O)C(C)=C[C@@H](C(=O)O1)[C@]34O)O2. The zero-order chi connectivity index (χ0) is 44.7. The minimum Gasteiger partial charge on any atom is -0.462 e. The molecule has 1 spiro atoms. The number of rotatable bonds is 8. The molecule has 3 N–H and O–H groups in total. The van der Waals surface area contributed by atoms with Gasteiger partial charge in [0.15, 0.2) is 18.4 Å². The van der Waals surface area contributed by atoms with Gasteiger partial charge in [0, 0.05) is 51.7 Å². The number of carbonyl (C=O) groups excluding carboxylic acids is 1. The molecule has 0 radical (unpaired) electrons. The maximum atomic E-state index is 14.3. The molecule has 4 saturated heterocycles. The van der Waals surface area contributed by atoms with Crippen LogP contribution in [0.15, 0.2) is 59.3 Å². The van der Waals surface area contributed by atoms with Crippen LogP contribution in [0.3, 0.4) is 0 Å². The molecule has 7 rings (SSSR count). The fraction of sp³-hybridized carbons (Fsp3) is 0.771. The number of fused-ring (bicyclic) bond motifs is 2. The van der Waals surface area contributed by atoms with Crippen molar-refractivity contribution in [3.63, 3.8) is 0 Å². The zero-order valence-corrected chi connectivity index (χ0v) is 38.2. The van der Waals surface area contributed by atoms with Gasteiger partial charge in [-0.25, -0.2) is 0 Å². The molecule has 14 nitrogen and oxygen atoms in total. The molecule has 0 aromatic carbocycles. The van der Waals surface area contributed by atoms with Crippen LogP contribution in [-0.2, 0) is 52.2 Å². The second-order valence-electron chi connectivity index (χ2n) is 19.0. The Kier molecular flexibility index (Phi) is 15.1. The van der Waals surface area contributed by atoms with Crippen molar-refractivity contribution in [3.8, 4) is 0 Å². The lowest BCUT2D eigenvalue weighted by Gasteiger charge is -2.48. The Morgan fingerprint density at radius 2 is 1.60 bits per heavy atom. The summed E-state index contributed by atoms with van der Waals surface area (Å²) in [6, 6.07) is 0. The first-order valence-corrected chi connectivity index (χ1v) is 22.9. The number of hydrogen-bond donors (Lipinski definition) is 3. The Bertz CT molecular complexity index is 1730. The minimum atomic E-state index is -1.84. The van der Waals surface area contributed by atoms with E-state index in [1.807, 2.05) is 32.1 Å². The molecule has 7 aliphatic rings. The van der Waals surface area contributed by atoms with E-state index in [0.717, 1.165) is 12.0 Å². The van der Waals surface area contributed by atoms with E-state index in [1.54, 1.807) is 40.2 Å². The van der Waals surface area contributed by atoms with Gasteiger partial charge in [-0.15, -0.1) is 0 Å². The van der Waals surface area contributed by atoms with Gasteiger partial charge in [-0.2, -0.15) is 0 Å². The average molecular weight is 873 g/mol. The Morgan fingerprint density at radius 1 is 0.887 bits per heavy atom. The molecular formula is C48H72O14. The average Bonchev–Trinajstić information content (AvgIpc) is 3.58. The van der Waals surface area contributed by atoms with Crippen molar-refractivity contribution >= 4 is 5.97 Å². The van der Waals surface area contributed by atoms with Gasteiger partial charge in [-0.05, 0) is 62.8 Å². The summed E-state index contributed by atoms with van der Waals surface area (Å²) in [6.07, 6.45) is 8.55. The van der Waals surface area contributed by atoms with Gasteiger partial charge in [0.1, 0.15) is 42.0 Å². The molecule has 0 saturated carbocycles. The molecule has 62 heavy (non-hydrogen) atoms. The summed E-state index contributed by atoms with van der Waals surface area (Å²) in [6.45, 7) is 16.1. The van der Waals surface area contributed by atoms with Crippen LogP contribution in [0.4, 0.5) is 0 Å². The van der Waals surface area contributed by atoms with E-state index in [9.17, 15) is 20.1 Å². The van der Waals surface area contributed by atoms with Crippen molar-refractivity contribution in [1.29, 1.82) is 0 Å². The second kappa shape index (κ2) is 19.7. The molecule has 1 aliphatic carbocycles. The molecule has 6 heterocycles. The van der Waals surface area contributed by atoms with E-state index < -0.39 is 90.8 Å². The fourth-order valence-corrected chi connectivity index (χ4v) is 10.6. The molecule has 0 unspecified atom stereocenters. The largest absolute Gasteiger partial charge is 0.462 e. The van der Waals surface area contributed by atoms with E-state index in [-0.39, 0.29) is 42.7 Å². The summed E-state index contributed by atoms with van der Waals surface area (Å²) in [7, 11) is 3.22. The van der Waals surface area contributed by atoms with Crippen LogP contribution in [-0.4, -0.2) is 139 Å². The predicted molar refractivity (Wildman–Crippen MR) is 227 cm³/mol. The van der Waals surface area contributed by atoms with Crippen LogP contribution < -0.4 is 0 Å². The second-order valence-corrected chi connectivity index (χ2v) is 19.0. The highest BCUT2D eigenvalue weighted by Crippen LogP contribution is 2.47. The van der Waals surface area contributed by atoms with Crippen molar-refractivity contribution in [3.05, 3.63) is 59.3 Å². The molecular weight excluding hydrogens is 801 g/mol. The molecule has 348 valence electrons. The molecule has 4 fully saturated rings. The van der Waals surface area contributed by atoms with Crippen LogP contribution in [0.2, 0.25) is 0 Å². The number of hydrogen-bond acceptors (Lipinski definition) is 14. The van der Waals surface area contributed by atoms with E-state index in [4.69, 9.17) is 47.4 Å². The van der Waals surface area contributed by atoms with E-state index in [2.05, 4.69) is 39.8 Å². The first kappa shape index (κ1) is 47.6. The fourth-order valence-electron chi connectivity index (χ4n) is 10.6. The van der Waals surface area contributed by atoms with Crippen LogP contribution >= 0.6 is 0 Å². The van der Waals surface area contributed by atoms with Gasteiger partial charge in [0.2, 0.25) is 0 Å². The highest BCUT2D eigenvalue weighted by atomic mass is 16.7. The monoisotopic (exact) mass is 872 g/mol. The van der Waals surface area contributed by atoms with Gasteiger partial charge < -0.3 is 62.7 Å². The summed E-state index contributed by atoms with van der Waals surface area (Å²) in [5.74, 6) is -2.56. The lowest BCUT2D eigenvalue weighted by Crippen LogP contribution is -2.58. The highest BCUT2D eigenvalue weighted by Gasteiger charge is 2.60. The molecule has 14 heteroatoms. The third-order valence-electron chi connectivity index (χ3n) is 14.5. The number of esters is 1. The molecule has 2 bridgehead atoms. The van der Waals surface area contributed by atoms with Crippen LogP contribution in [0.25, 0.3) is 0 Å². The lowest BCUT2D eigenvalue weighted by atomic mass is 9.71. The van der Waals surface area contributed by atoms with Crippen LogP contribution in [0, 0.1) is 23.7 Å². The summed E-state index contributed by atoms with van der Waals surface area (Å²) in [4.78, 5) is 14.3. The van der Waals surface area contributed by atoms with E-state index in [0.29, 0.717) is 43.3 Å². The molecule has 20 atom stereocenters. The maximum absolute atomic E-state index is 14.3. The van der Waals surface area contributed by atoms with Gasteiger partial charge in [-0.1, -0.05) is 70.6 Å². The zero-order valence-electron chi connectivity index (χ0n) is 38.2. The number of methoxy groups -OCH3 is 2. The summed E-state index contributed by atoms with van der Waals surface area (Å²) in [5, 5.41) is 34.2. The van der Waals surface area contributed by atoms with Crippen LogP contribution in [0.1, 0.15) is 93.9 Å². The highest BCUT2D eigenvalue weighted by molar-refractivity contribution is 5.78. The quantitative estimate of drug-likeness (QED) is 0.210.